The van der Waals surface area contributed by atoms with E-state index in [4.69, 9.17) is 4.42 Å². The van der Waals surface area contributed by atoms with Gasteiger partial charge in [0, 0.05) is 18.9 Å². The van der Waals surface area contributed by atoms with Gasteiger partial charge in [0.25, 0.3) is 0 Å². The number of hydrogen-bond acceptors (Lipinski definition) is 6. The molecule has 2 aromatic rings. The Hall–Kier alpha value is -1.93. The summed E-state index contributed by atoms with van der Waals surface area (Å²) >= 11 is 1.38. The molecule has 2 amide bonds. The van der Waals surface area contributed by atoms with Crippen LogP contribution >= 0.6 is 11.3 Å². The number of aliphatic hydroxyl groups is 1. The Morgan fingerprint density at radius 3 is 3.00 bits per heavy atom. The van der Waals surface area contributed by atoms with Crippen molar-refractivity contribution >= 4 is 22.5 Å². The fraction of sp³-hybridized carbons (Fsp3) is 0.533. The maximum Gasteiger partial charge on any atom is 0.321 e. The number of aromatic nitrogens is 2. The maximum atomic E-state index is 11.9. The molecule has 0 aliphatic carbocycles. The molecular formula is C15H22N4O3S. The second-order valence-electron chi connectivity index (χ2n) is 5.37. The molecule has 2 heterocycles. The van der Waals surface area contributed by atoms with Crippen molar-refractivity contribution in [3.05, 3.63) is 29.2 Å². The molecule has 0 saturated carbocycles. The SMILES string of the molecule is CCCCc1nnc(NC(=O)N[C@H](C)C[C@@H](O)c2ccco2)s1. The third-order valence-corrected chi connectivity index (χ3v) is 4.16. The third kappa shape index (κ3) is 5.65. The van der Waals surface area contributed by atoms with E-state index in [1.807, 2.05) is 6.92 Å². The standard InChI is InChI=1S/C15H22N4O3S/c1-3-4-7-13-18-19-15(23-13)17-14(21)16-10(2)9-11(20)12-6-5-8-22-12/h5-6,8,10-11,20H,3-4,7,9H2,1-2H3,(H2,16,17,19,21)/t10-,11-/m1/s1. The van der Waals surface area contributed by atoms with Gasteiger partial charge in [-0.25, -0.2) is 4.79 Å². The Labute approximate surface area is 139 Å². The molecule has 2 aromatic heterocycles. The summed E-state index contributed by atoms with van der Waals surface area (Å²) in [6, 6.07) is 2.84. The Balaban J connectivity index is 1.76. The molecular weight excluding hydrogens is 316 g/mol. The number of carbonyl (C=O) groups excluding carboxylic acids is 1. The fourth-order valence-electron chi connectivity index (χ4n) is 2.08. The van der Waals surface area contributed by atoms with E-state index in [-0.39, 0.29) is 12.1 Å². The smallest absolute Gasteiger partial charge is 0.321 e. The van der Waals surface area contributed by atoms with E-state index in [9.17, 15) is 9.90 Å². The second-order valence-corrected chi connectivity index (χ2v) is 6.43. The maximum absolute atomic E-state index is 11.9. The van der Waals surface area contributed by atoms with Gasteiger partial charge in [0.1, 0.15) is 16.9 Å². The van der Waals surface area contributed by atoms with Crippen molar-refractivity contribution in [2.24, 2.45) is 0 Å². The first-order valence-electron chi connectivity index (χ1n) is 7.69. The number of carbonyl (C=O) groups is 1. The number of urea groups is 1. The van der Waals surface area contributed by atoms with E-state index >= 15 is 0 Å². The molecule has 0 aliphatic rings. The highest BCUT2D eigenvalue weighted by Gasteiger charge is 2.17. The number of rotatable bonds is 8. The summed E-state index contributed by atoms with van der Waals surface area (Å²) in [5.74, 6) is 0.490. The molecule has 2 rings (SSSR count). The summed E-state index contributed by atoms with van der Waals surface area (Å²) in [7, 11) is 0. The van der Waals surface area contributed by atoms with Crippen LogP contribution in [0.2, 0.25) is 0 Å². The molecule has 8 heteroatoms. The monoisotopic (exact) mass is 338 g/mol. The van der Waals surface area contributed by atoms with Crippen molar-refractivity contribution in [1.29, 1.82) is 0 Å². The Kier molecular flexibility index (Phi) is 6.54. The van der Waals surface area contributed by atoms with Gasteiger partial charge >= 0.3 is 6.03 Å². The number of aliphatic hydroxyl groups excluding tert-OH is 1. The molecule has 3 N–H and O–H groups in total. The van der Waals surface area contributed by atoms with Gasteiger partial charge in [-0.3, -0.25) is 5.32 Å². The van der Waals surface area contributed by atoms with Crippen LogP contribution in [0.3, 0.4) is 0 Å². The Bertz CT molecular complexity index is 600. The summed E-state index contributed by atoms with van der Waals surface area (Å²) in [6.45, 7) is 3.94. The van der Waals surface area contributed by atoms with Gasteiger partial charge in [0.2, 0.25) is 5.13 Å². The van der Waals surface area contributed by atoms with Crippen molar-refractivity contribution in [2.75, 3.05) is 5.32 Å². The highest BCUT2D eigenvalue weighted by atomic mass is 32.1. The minimum absolute atomic E-state index is 0.220. The van der Waals surface area contributed by atoms with Gasteiger partial charge in [-0.1, -0.05) is 24.7 Å². The van der Waals surface area contributed by atoms with E-state index in [0.717, 1.165) is 24.3 Å². The normalized spacial score (nSPS) is 13.5. The van der Waals surface area contributed by atoms with E-state index in [1.54, 1.807) is 12.1 Å². The minimum atomic E-state index is -0.748. The van der Waals surface area contributed by atoms with Crippen LogP contribution < -0.4 is 10.6 Å². The molecule has 7 nitrogen and oxygen atoms in total. The zero-order valence-corrected chi connectivity index (χ0v) is 14.1. The number of unbranched alkanes of at least 4 members (excludes halogenated alkanes) is 1. The quantitative estimate of drug-likeness (QED) is 0.686. The van der Waals surface area contributed by atoms with E-state index in [2.05, 4.69) is 27.8 Å². The number of hydrogen-bond donors (Lipinski definition) is 3. The van der Waals surface area contributed by atoms with Gasteiger partial charge in [0.15, 0.2) is 0 Å². The zero-order chi connectivity index (χ0) is 16.7. The third-order valence-electron chi connectivity index (χ3n) is 3.26. The summed E-state index contributed by atoms with van der Waals surface area (Å²) in [6.07, 6.45) is 4.15. The van der Waals surface area contributed by atoms with Crippen molar-refractivity contribution < 1.29 is 14.3 Å². The van der Waals surface area contributed by atoms with E-state index in [1.165, 1.54) is 17.6 Å². The van der Waals surface area contributed by atoms with Gasteiger partial charge in [-0.05, 0) is 25.5 Å². The largest absolute Gasteiger partial charge is 0.467 e. The van der Waals surface area contributed by atoms with Gasteiger partial charge in [-0.15, -0.1) is 10.2 Å². The first-order chi connectivity index (χ1) is 11.1. The lowest BCUT2D eigenvalue weighted by atomic mass is 10.1. The number of aryl methyl sites for hydroxylation is 1. The molecule has 0 bridgehead atoms. The van der Waals surface area contributed by atoms with E-state index in [0.29, 0.717) is 17.3 Å². The summed E-state index contributed by atoms with van der Waals surface area (Å²) in [5.41, 5.74) is 0. The highest BCUT2D eigenvalue weighted by molar-refractivity contribution is 7.15. The number of nitrogens with zero attached hydrogens (tertiary/aromatic N) is 2. The molecule has 0 aliphatic heterocycles. The number of nitrogens with one attached hydrogen (secondary N) is 2. The van der Waals surface area contributed by atoms with Crippen LogP contribution in [0.15, 0.2) is 22.8 Å². The Morgan fingerprint density at radius 1 is 1.48 bits per heavy atom. The molecule has 0 unspecified atom stereocenters. The molecule has 2 atom stereocenters. The molecule has 0 saturated heterocycles. The van der Waals surface area contributed by atoms with Crippen LogP contribution in [-0.4, -0.2) is 27.4 Å². The fourth-order valence-corrected chi connectivity index (χ4v) is 2.86. The molecule has 0 aromatic carbocycles. The molecule has 0 spiro atoms. The van der Waals surface area contributed by atoms with Crippen LogP contribution in [0.1, 0.15) is 50.0 Å². The summed E-state index contributed by atoms with van der Waals surface area (Å²) in [4.78, 5) is 11.9. The lowest BCUT2D eigenvalue weighted by Gasteiger charge is -2.16. The van der Waals surface area contributed by atoms with Crippen molar-refractivity contribution in [3.8, 4) is 0 Å². The zero-order valence-electron chi connectivity index (χ0n) is 13.3. The number of anilines is 1. The lowest BCUT2D eigenvalue weighted by Crippen LogP contribution is -2.37. The average Bonchev–Trinajstić information content (AvgIpc) is 3.16. The molecule has 0 radical (unpaired) electrons. The first kappa shape index (κ1) is 17.4. The van der Waals surface area contributed by atoms with Gasteiger partial charge in [-0.2, -0.15) is 0 Å². The first-order valence-corrected chi connectivity index (χ1v) is 8.51. The number of amides is 2. The summed E-state index contributed by atoms with van der Waals surface area (Å²) < 4.78 is 5.14. The molecule has 23 heavy (non-hydrogen) atoms. The second kappa shape index (κ2) is 8.64. The molecule has 126 valence electrons. The van der Waals surface area contributed by atoms with Crippen LogP contribution in [0.5, 0.6) is 0 Å². The molecule has 0 fully saturated rings. The van der Waals surface area contributed by atoms with E-state index < -0.39 is 6.10 Å². The summed E-state index contributed by atoms with van der Waals surface area (Å²) in [5, 5.41) is 24.8. The van der Waals surface area contributed by atoms with Crippen molar-refractivity contribution in [1.82, 2.24) is 15.5 Å². The average molecular weight is 338 g/mol. The van der Waals surface area contributed by atoms with Crippen LogP contribution in [0.25, 0.3) is 0 Å². The topological polar surface area (TPSA) is 100 Å². The van der Waals surface area contributed by atoms with Crippen molar-refractivity contribution in [2.45, 2.75) is 51.7 Å². The predicted octanol–water partition coefficient (Wildman–Crippen LogP) is 3.11. The Morgan fingerprint density at radius 2 is 2.30 bits per heavy atom. The minimum Gasteiger partial charge on any atom is -0.467 e. The predicted molar refractivity (Wildman–Crippen MR) is 88.4 cm³/mol. The van der Waals surface area contributed by atoms with Crippen LogP contribution in [-0.2, 0) is 6.42 Å². The lowest BCUT2D eigenvalue weighted by molar-refractivity contribution is 0.130. The van der Waals surface area contributed by atoms with Gasteiger partial charge in [0.05, 0.1) is 6.26 Å². The highest BCUT2D eigenvalue weighted by Crippen LogP contribution is 2.19. The van der Waals surface area contributed by atoms with Crippen molar-refractivity contribution in [3.63, 3.8) is 0 Å². The van der Waals surface area contributed by atoms with Crippen LogP contribution in [0.4, 0.5) is 9.93 Å². The number of furan rings is 1. The van der Waals surface area contributed by atoms with Crippen LogP contribution in [0, 0.1) is 0 Å². The van der Waals surface area contributed by atoms with Gasteiger partial charge < -0.3 is 14.8 Å².